The van der Waals surface area contributed by atoms with Crippen LogP contribution in [0.1, 0.15) is 5.56 Å². The van der Waals surface area contributed by atoms with E-state index in [4.69, 9.17) is 4.42 Å². The SMILES string of the molecule is CN(Cc1ccoc1)S(=O)(=O)c1sccc1Br. The first-order chi connectivity index (χ1) is 8.01. The maximum absolute atomic E-state index is 12.2. The number of thiophene rings is 1. The standard InChI is InChI=1S/C10H10BrNO3S2/c1-12(6-8-2-4-15-7-8)17(13,14)10-9(11)3-5-16-10/h2-5,7H,6H2,1H3. The highest BCUT2D eigenvalue weighted by Crippen LogP contribution is 2.30. The molecule has 0 amide bonds. The zero-order valence-corrected chi connectivity index (χ0v) is 12.2. The van der Waals surface area contributed by atoms with E-state index in [2.05, 4.69) is 15.9 Å². The molecule has 0 radical (unpaired) electrons. The largest absolute Gasteiger partial charge is 0.472 e. The molecule has 0 atom stereocenters. The van der Waals surface area contributed by atoms with Crippen LogP contribution in [0.2, 0.25) is 0 Å². The van der Waals surface area contributed by atoms with Gasteiger partial charge in [0.1, 0.15) is 4.21 Å². The van der Waals surface area contributed by atoms with Crippen molar-refractivity contribution >= 4 is 37.3 Å². The van der Waals surface area contributed by atoms with Crippen molar-refractivity contribution in [2.24, 2.45) is 0 Å². The first kappa shape index (κ1) is 12.8. The third-order valence-corrected chi connectivity index (χ3v) is 6.67. The van der Waals surface area contributed by atoms with Crippen molar-refractivity contribution in [1.29, 1.82) is 0 Å². The summed E-state index contributed by atoms with van der Waals surface area (Å²) in [6.45, 7) is 0.295. The third kappa shape index (κ3) is 2.62. The second kappa shape index (κ2) is 4.93. The van der Waals surface area contributed by atoms with Crippen molar-refractivity contribution in [3.63, 3.8) is 0 Å². The Bertz CT molecular complexity index is 589. The summed E-state index contributed by atoms with van der Waals surface area (Å²) >= 11 is 4.43. The van der Waals surface area contributed by atoms with Crippen molar-refractivity contribution < 1.29 is 12.8 Å². The Morgan fingerprint density at radius 3 is 2.76 bits per heavy atom. The molecule has 0 aliphatic carbocycles. The van der Waals surface area contributed by atoms with Gasteiger partial charge in [-0.15, -0.1) is 11.3 Å². The zero-order valence-electron chi connectivity index (χ0n) is 8.96. The molecule has 0 fully saturated rings. The summed E-state index contributed by atoms with van der Waals surface area (Å²) in [5.41, 5.74) is 0.823. The van der Waals surface area contributed by atoms with Crippen LogP contribution in [0.25, 0.3) is 0 Å². The number of hydrogen-bond acceptors (Lipinski definition) is 4. The normalized spacial score (nSPS) is 12.2. The summed E-state index contributed by atoms with van der Waals surface area (Å²) in [6, 6.07) is 3.47. The van der Waals surface area contributed by atoms with Crippen molar-refractivity contribution in [2.75, 3.05) is 7.05 Å². The average molecular weight is 336 g/mol. The molecule has 0 N–H and O–H groups in total. The van der Waals surface area contributed by atoms with Gasteiger partial charge >= 0.3 is 0 Å². The third-order valence-electron chi connectivity index (χ3n) is 2.21. The Kier molecular flexibility index (Phi) is 3.72. The summed E-state index contributed by atoms with van der Waals surface area (Å²) in [4.78, 5) is 0. The predicted octanol–water partition coefficient (Wildman–Crippen LogP) is 2.92. The smallest absolute Gasteiger partial charge is 0.253 e. The molecule has 2 rings (SSSR count). The van der Waals surface area contributed by atoms with Crippen LogP contribution in [-0.2, 0) is 16.6 Å². The molecule has 0 bridgehead atoms. The van der Waals surface area contributed by atoms with Gasteiger partial charge in [0.15, 0.2) is 0 Å². The highest BCUT2D eigenvalue weighted by molar-refractivity contribution is 9.10. The van der Waals surface area contributed by atoms with Gasteiger partial charge in [-0.2, -0.15) is 4.31 Å². The quantitative estimate of drug-likeness (QED) is 0.863. The molecular formula is C10H10BrNO3S2. The number of hydrogen-bond donors (Lipinski definition) is 0. The molecule has 0 aliphatic heterocycles. The lowest BCUT2D eigenvalue weighted by molar-refractivity contribution is 0.464. The van der Waals surface area contributed by atoms with Crippen LogP contribution in [0.15, 0.2) is 43.1 Å². The van der Waals surface area contributed by atoms with Gasteiger partial charge in [-0.25, -0.2) is 8.42 Å². The summed E-state index contributed by atoms with van der Waals surface area (Å²) in [5, 5.41) is 1.74. The lowest BCUT2D eigenvalue weighted by atomic mass is 10.3. The van der Waals surface area contributed by atoms with Crippen LogP contribution in [-0.4, -0.2) is 19.8 Å². The van der Waals surface area contributed by atoms with E-state index >= 15 is 0 Å². The molecule has 7 heteroatoms. The molecule has 92 valence electrons. The minimum atomic E-state index is -3.44. The fourth-order valence-electron chi connectivity index (χ4n) is 1.33. The number of rotatable bonds is 4. The average Bonchev–Trinajstić information content (AvgIpc) is 2.89. The summed E-state index contributed by atoms with van der Waals surface area (Å²) < 4.78 is 31.6. The molecule has 0 saturated heterocycles. The molecule has 0 spiro atoms. The van der Waals surface area contributed by atoms with Gasteiger partial charge in [0.25, 0.3) is 10.0 Å². The minimum absolute atomic E-state index is 0.295. The van der Waals surface area contributed by atoms with Crippen molar-refractivity contribution in [2.45, 2.75) is 10.8 Å². The maximum Gasteiger partial charge on any atom is 0.253 e. The van der Waals surface area contributed by atoms with E-state index in [9.17, 15) is 8.42 Å². The Balaban J connectivity index is 2.25. The van der Waals surface area contributed by atoms with Crippen LogP contribution in [0, 0.1) is 0 Å². The summed E-state index contributed by atoms with van der Waals surface area (Å²) in [7, 11) is -1.89. The maximum atomic E-state index is 12.2. The van der Waals surface area contributed by atoms with E-state index in [1.807, 2.05) is 0 Å². The molecule has 0 aromatic carbocycles. The fourth-order valence-corrected chi connectivity index (χ4v) is 4.99. The zero-order chi connectivity index (χ0) is 12.5. The lowest BCUT2D eigenvalue weighted by Crippen LogP contribution is -2.25. The van der Waals surface area contributed by atoms with Gasteiger partial charge in [0, 0.05) is 23.6 Å². The second-order valence-corrected chi connectivity index (χ2v) is 7.46. The van der Waals surface area contributed by atoms with Gasteiger partial charge in [-0.1, -0.05) is 0 Å². The van der Waals surface area contributed by atoms with Crippen LogP contribution < -0.4 is 0 Å². The molecule has 2 aromatic heterocycles. The molecule has 2 heterocycles. The monoisotopic (exact) mass is 335 g/mol. The van der Waals surface area contributed by atoms with Crippen LogP contribution >= 0.6 is 27.3 Å². The topological polar surface area (TPSA) is 50.5 Å². The number of furan rings is 1. The number of sulfonamides is 1. The van der Waals surface area contributed by atoms with E-state index in [0.29, 0.717) is 15.2 Å². The van der Waals surface area contributed by atoms with Crippen molar-refractivity contribution in [3.8, 4) is 0 Å². The van der Waals surface area contributed by atoms with Gasteiger partial charge in [-0.3, -0.25) is 0 Å². The summed E-state index contributed by atoms with van der Waals surface area (Å²) in [6.07, 6.45) is 3.06. The molecule has 0 unspecified atom stereocenters. The molecule has 17 heavy (non-hydrogen) atoms. The number of nitrogens with zero attached hydrogens (tertiary/aromatic N) is 1. The predicted molar refractivity (Wildman–Crippen MR) is 69.4 cm³/mol. The van der Waals surface area contributed by atoms with Gasteiger partial charge in [0.05, 0.1) is 12.5 Å². The Hall–Kier alpha value is -0.630. The van der Waals surface area contributed by atoms with E-state index in [0.717, 1.165) is 5.56 Å². The van der Waals surface area contributed by atoms with Crippen molar-refractivity contribution in [3.05, 3.63) is 40.1 Å². The molecule has 2 aromatic rings. The van der Waals surface area contributed by atoms with E-state index in [1.54, 1.807) is 24.6 Å². The van der Waals surface area contributed by atoms with E-state index in [1.165, 1.54) is 28.2 Å². The van der Waals surface area contributed by atoms with Crippen LogP contribution in [0.3, 0.4) is 0 Å². The van der Waals surface area contributed by atoms with Crippen LogP contribution in [0.4, 0.5) is 0 Å². The minimum Gasteiger partial charge on any atom is -0.472 e. The Morgan fingerprint density at radius 1 is 1.47 bits per heavy atom. The van der Waals surface area contributed by atoms with E-state index in [-0.39, 0.29) is 0 Å². The number of halogens is 1. The molecule has 0 saturated carbocycles. The first-order valence-electron chi connectivity index (χ1n) is 4.72. The molecule has 0 aliphatic rings. The van der Waals surface area contributed by atoms with Crippen LogP contribution in [0.5, 0.6) is 0 Å². The summed E-state index contributed by atoms with van der Waals surface area (Å²) in [5.74, 6) is 0. The first-order valence-corrected chi connectivity index (χ1v) is 7.83. The highest BCUT2D eigenvalue weighted by atomic mass is 79.9. The fraction of sp³-hybridized carbons (Fsp3) is 0.200. The second-order valence-electron chi connectivity index (χ2n) is 3.45. The Labute approximate surface area is 112 Å². The Morgan fingerprint density at radius 2 is 2.24 bits per heavy atom. The van der Waals surface area contributed by atoms with Gasteiger partial charge in [-0.05, 0) is 33.4 Å². The highest BCUT2D eigenvalue weighted by Gasteiger charge is 2.24. The lowest BCUT2D eigenvalue weighted by Gasteiger charge is -2.15. The molecule has 4 nitrogen and oxygen atoms in total. The molecular weight excluding hydrogens is 326 g/mol. The van der Waals surface area contributed by atoms with Gasteiger partial charge < -0.3 is 4.42 Å². The van der Waals surface area contributed by atoms with E-state index < -0.39 is 10.0 Å². The van der Waals surface area contributed by atoms with Crippen molar-refractivity contribution in [1.82, 2.24) is 4.31 Å². The van der Waals surface area contributed by atoms with Gasteiger partial charge in [0.2, 0.25) is 0 Å².